The fourth-order valence-corrected chi connectivity index (χ4v) is 3.38. The summed E-state index contributed by atoms with van der Waals surface area (Å²) in [7, 11) is 0. The van der Waals surface area contributed by atoms with E-state index < -0.39 is 30.3 Å². The Labute approximate surface area is 146 Å². The Kier molecular flexibility index (Phi) is 4.51. The number of benzene rings is 1. The molecule has 2 atom stereocenters. The first kappa shape index (κ1) is 18.0. The number of nitrogens with zero attached hydrogens (tertiary/aromatic N) is 1. The molecule has 3 N–H and O–H groups in total. The molecule has 140 valence electrons. The topological polar surface area (TPSA) is 98.7 Å². The van der Waals surface area contributed by atoms with E-state index in [-0.39, 0.29) is 5.91 Å². The van der Waals surface area contributed by atoms with Crippen molar-refractivity contribution in [3.8, 4) is 0 Å². The van der Waals surface area contributed by atoms with E-state index in [1.807, 2.05) is 5.32 Å². The summed E-state index contributed by atoms with van der Waals surface area (Å²) < 4.78 is 37.2. The number of carbonyl (C=O) groups is 3. The van der Waals surface area contributed by atoms with Crippen LogP contribution in [0.2, 0.25) is 0 Å². The van der Waals surface area contributed by atoms with Crippen molar-refractivity contribution in [2.24, 2.45) is 0 Å². The number of nitrogens with one attached hydrogen (secondary N) is 2. The van der Waals surface area contributed by atoms with E-state index >= 15 is 0 Å². The molecule has 1 fully saturated rings. The van der Waals surface area contributed by atoms with E-state index in [0.717, 1.165) is 5.56 Å². The van der Waals surface area contributed by atoms with Gasteiger partial charge in [0, 0.05) is 12.2 Å². The number of hydrogen-bond donors (Lipinski definition) is 3. The number of fused-ring (bicyclic) bond motifs is 1. The third kappa shape index (κ3) is 3.44. The Balaban J connectivity index is 1.74. The van der Waals surface area contributed by atoms with Crippen molar-refractivity contribution in [2.45, 2.75) is 37.5 Å². The molecule has 1 unspecified atom stereocenters. The predicted molar refractivity (Wildman–Crippen MR) is 83.6 cm³/mol. The van der Waals surface area contributed by atoms with E-state index in [1.54, 1.807) is 18.2 Å². The molecule has 3 rings (SSSR count). The molecule has 3 amide bonds. The fourth-order valence-electron chi connectivity index (χ4n) is 3.38. The zero-order valence-corrected chi connectivity index (χ0v) is 13.5. The van der Waals surface area contributed by atoms with Crippen LogP contribution in [0.5, 0.6) is 0 Å². The van der Waals surface area contributed by atoms with Crippen molar-refractivity contribution in [2.75, 3.05) is 11.4 Å². The van der Waals surface area contributed by atoms with E-state index in [4.69, 9.17) is 5.11 Å². The van der Waals surface area contributed by atoms with Crippen molar-refractivity contribution < 1.29 is 32.7 Å². The average Bonchev–Trinajstić information content (AvgIpc) is 3.10. The minimum Gasteiger partial charge on any atom is -0.465 e. The molecule has 1 saturated heterocycles. The van der Waals surface area contributed by atoms with Gasteiger partial charge in [-0.3, -0.25) is 9.59 Å². The van der Waals surface area contributed by atoms with Crippen LogP contribution in [0.3, 0.4) is 0 Å². The molecule has 7 nitrogen and oxygen atoms in total. The zero-order valence-electron chi connectivity index (χ0n) is 13.5. The third-order valence-corrected chi connectivity index (χ3v) is 4.58. The number of amides is 3. The first-order valence-corrected chi connectivity index (χ1v) is 7.98. The second-order valence-electron chi connectivity index (χ2n) is 6.23. The number of alkyl halides is 3. The molecule has 2 aliphatic rings. The van der Waals surface area contributed by atoms with Gasteiger partial charge in [0.25, 0.3) is 0 Å². The number of hydrogen-bond acceptors (Lipinski definition) is 3. The summed E-state index contributed by atoms with van der Waals surface area (Å²) in [5.74, 6) is -2.34. The van der Waals surface area contributed by atoms with Gasteiger partial charge >= 0.3 is 18.2 Å². The van der Waals surface area contributed by atoms with Crippen LogP contribution in [-0.2, 0) is 16.0 Å². The van der Waals surface area contributed by atoms with Gasteiger partial charge in [0.15, 0.2) is 0 Å². The van der Waals surface area contributed by atoms with Gasteiger partial charge in [0.05, 0.1) is 6.04 Å². The van der Waals surface area contributed by atoms with Gasteiger partial charge in [0.2, 0.25) is 5.91 Å². The normalized spacial score (nSPS) is 22.3. The van der Waals surface area contributed by atoms with E-state index in [0.29, 0.717) is 37.1 Å². The second kappa shape index (κ2) is 6.50. The smallest absolute Gasteiger partial charge is 0.465 e. The van der Waals surface area contributed by atoms with Crippen LogP contribution >= 0.6 is 0 Å². The van der Waals surface area contributed by atoms with Crippen LogP contribution in [0.25, 0.3) is 0 Å². The second-order valence-corrected chi connectivity index (χ2v) is 6.23. The summed E-state index contributed by atoms with van der Waals surface area (Å²) in [6.07, 6.45) is -5.05. The van der Waals surface area contributed by atoms with Gasteiger partial charge < -0.3 is 20.6 Å². The highest BCUT2D eigenvalue weighted by atomic mass is 19.4. The number of halogens is 3. The molecule has 0 aromatic heterocycles. The number of carboxylic acid groups (broad SMARTS) is 1. The zero-order chi connectivity index (χ0) is 19.1. The van der Waals surface area contributed by atoms with Crippen molar-refractivity contribution in [1.82, 2.24) is 10.6 Å². The molecule has 1 aromatic rings. The Morgan fingerprint density at radius 3 is 2.54 bits per heavy atom. The lowest BCUT2D eigenvalue weighted by molar-refractivity contribution is -0.174. The van der Waals surface area contributed by atoms with Gasteiger partial charge in [-0.2, -0.15) is 13.2 Å². The highest BCUT2D eigenvalue weighted by Gasteiger charge is 2.41. The predicted octanol–water partition coefficient (Wildman–Crippen LogP) is 1.73. The Morgan fingerprint density at radius 1 is 1.15 bits per heavy atom. The van der Waals surface area contributed by atoms with Crippen LogP contribution in [0.15, 0.2) is 18.2 Å². The summed E-state index contributed by atoms with van der Waals surface area (Å²) >= 11 is 0. The highest BCUT2D eigenvalue weighted by Crippen LogP contribution is 2.35. The Morgan fingerprint density at radius 2 is 1.88 bits per heavy atom. The fraction of sp³-hybridized carbons (Fsp3) is 0.438. The summed E-state index contributed by atoms with van der Waals surface area (Å²) in [5, 5.41) is 12.9. The number of carbonyl (C=O) groups excluding carboxylic acids is 2. The van der Waals surface area contributed by atoms with Crippen molar-refractivity contribution in [3.63, 3.8) is 0 Å². The molecule has 1 aliphatic heterocycles. The largest absolute Gasteiger partial charge is 0.471 e. The van der Waals surface area contributed by atoms with Crippen molar-refractivity contribution >= 4 is 23.6 Å². The molecule has 1 aliphatic carbocycles. The van der Waals surface area contributed by atoms with Gasteiger partial charge in [-0.15, -0.1) is 0 Å². The molecule has 0 spiro atoms. The summed E-state index contributed by atoms with van der Waals surface area (Å²) in [5.41, 5.74) is 1.92. The Hall–Kier alpha value is -2.78. The van der Waals surface area contributed by atoms with Gasteiger partial charge in [-0.1, -0.05) is 6.07 Å². The van der Waals surface area contributed by atoms with Gasteiger partial charge in [0.1, 0.15) is 6.04 Å². The molecule has 0 bridgehead atoms. The highest BCUT2D eigenvalue weighted by molar-refractivity contribution is 6.00. The maximum absolute atomic E-state index is 12.4. The monoisotopic (exact) mass is 371 g/mol. The number of rotatable bonds is 3. The first-order chi connectivity index (χ1) is 12.2. The molecular weight excluding hydrogens is 355 g/mol. The Bertz CT molecular complexity index is 766. The van der Waals surface area contributed by atoms with Crippen LogP contribution < -0.4 is 15.5 Å². The molecule has 0 radical (unpaired) electrons. The van der Waals surface area contributed by atoms with Crippen molar-refractivity contribution in [3.05, 3.63) is 29.3 Å². The molecule has 1 heterocycles. The van der Waals surface area contributed by atoms with Crippen LogP contribution in [0.1, 0.15) is 30.0 Å². The summed E-state index contributed by atoms with van der Waals surface area (Å²) in [6, 6.07) is 3.38. The third-order valence-electron chi connectivity index (χ3n) is 4.58. The quantitative estimate of drug-likeness (QED) is 0.754. The molecular formula is C16H16F3N3O4. The van der Waals surface area contributed by atoms with Gasteiger partial charge in [-0.05, 0) is 42.5 Å². The van der Waals surface area contributed by atoms with E-state index in [1.165, 1.54) is 4.90 Å². The summed E-state index contributed by atoms with van der Waals surface area (Å²) in [6.45, 7) is 0.344. The SMILES string of the molecule is O=C(O)N[C@H]1CCN(c2ccc3c(c2)CCC3NC(=O)C(F)(F)F)C1=O. The minimum absolute atomic E-state index is 0.340. The number of aryl methyl sites for hydroxylation is 1. The maximum Gasteiger partial charge on any atom is 0.471 e. The lowest BCUT2D eigenvalue weighted by atomic mass is 10.1. The van der Waals surface area contributed by atoms with Crippen LogP contribution in [0.4, 0.5) is 23.7 Å². The van der Waals surface area contributed by atoms with Gasteiger partial charge in [-0.25, -0.2) is 4.79 Å². The molecule has 0 saturated carbocycles. The first-order valence-electron chi connectivity index (χ1n) is 7.98. The lowest BCUT2D eigenvalue weighted by Crippen LogP contribution is -2.40. The van der Waals surface area contributed by atoms with Crippen LogP contribution in [-0.4, -0.2) is 41.8 Å². The number of anilines is 1. The standard InChI is InChI=1S/C16H16F3N3O4/c17-16(18,19)14(24)20-11-4-1-8-7-9(2-3-10(8)11)22-6-5-12(13(22)23)21-15(25)26/h2-3,7,11-12,21H,1,4-6H2,(H,20,24)(H,25,26)/t11?,12-/m0/s1. The average molecular weight is 371 g/mol. The van der Waals surface area contributed by atoms with Crippen LogP contribution in [0, 0.1) is 0 Å². The molecule has 1 aromatic carbocycles. The lowest BCUT2D eigenvalue weighted by Gasteiger charge is -2.19. The molecule has 10 heteroatoms. The van der Waals surface area contributed by atoms with Crippen molar-refractivity contribution in [1.29, 1.82) is 0 Å². The molecule has 26 heavy (non-hydrogen) atoms. The maximum atomic E-state index is 12.4. The van der Waals surface area contributed by atoms with E-state index in [9.17, 15) is 27.6 Å². The summed E-state index contributed by atoms with van der Waals surface area (Å²) in [4.78, 5) is 35.6. The minimum atomic E-state index is -4.93. The van der Waals surface area contributed by atoms with E-state index in [2.05, 4.69) is 5.32 Å².